The first kappa shape index (κ1) is 21.0. The van der Waals surface area contributed by atoms with E-state index < -0.39 is 0 Å². The highest BCUT2D eigenvalue weighted by molar-refractivity contribution is 14.0. The summed E-state index contributed by atoms with van der Waals surface area (Å²) in [7, 11) is 1.77. The number of aromatic nitrogens is 1. The molecule has 0 bridgehead atoms. The van der Waals surface area contributed by atoms with Gasteiger partial charge in [0.05, 0.1) is 5.56 Å². The molecule has 1 fully saturated rings. The Morgan fingerprint density at radius 2 is 2.17 bits per heavy atom. The zero-order valence-electron chi connectivity index (χ0n) is 14.1. The van der Waals surface area contributed by atoms with Crippen molar-refractivity contribution in [1.82, 2.24) is 20.9 Å². The van der Waals surface area contributed by atoms with Gasteiger partial charge < -0.3 is 16.0 Å². The van der Waals surface area contributed by atoms with E-state index in [9.17, 15) is 4.79 Å². The third-order valence-corrected chi connectivity index (χ3v) is 5.00. The maximum atomic E-state index is 11.9. The summed E-state index contributed by atoms with van der Waals surface area (Å²) in [6.07, 6.45) is 9.01. The van der Waals surface area contributed by atoms with E-state index in [1.165, 1.54) is 19.3 Å². The van der Waals surface area contributed by atoms with Crippen LogP contribution in [0.15, 0.2) is 29.5 Å². The van der Waals surface area contributed by atoms with E-state index >= 15 is 0 Å². The molecule has 2 unspecified atom stereocenters. The number of rotatable bonds is 6. The molecule has 1 aromatic rings. The van der Waals surface area contributed by atoms with Crippen LogP contribution in [0.3, 0.4) is 0 Å². The highest BCUT2D eigenvalue weighted by Crippen LogP contribution is 2.27. The summed E-state index contributed by atoms with van der Waals surface area (Å²) in [6, 6.07) is 3.99. The molecule has 0 spiro atoms. The molecule has 6 nitrogen and oxygen atoms in total. The Kier molecular flexibility index (Phi) is 10.1. The van der Waals surface area contributed by atoms with E-state index in [1.807, 2.05) is 11.8 Å². The molecule has 1 aliphatic carbocycles. The maximum Gasteiger partial charge on any atom is 0.252 e. The van der Waals surface area contributed by atoms with Crippen molar-refractivity contribution in [2.45, 2.75) is 30.6 Å². The average molecular weight is 463 g/mol. The fourth-order valence-electron chi connectivity index (χ4n) is 2.63. The number of hydrogen-bond acceptors (Lipinski definition) is 4. The largest absolute Gasteiger partial charge is 0.355 e. The lowest BCUT2D eigenvalue weighted by molar-refractivity contribution is 0.0954. The zero-order chi connectivity index (χ0) is 16.5. The van der Waals surface area contributed by atoms with Crippen LogP contribution in [0.5, 0.6) is 0 Å². The van der Waals surface area contributed by atoms with Crippen LogP contribution in [-0.4, -0.2) is 54.5 Å². The van der Waals surface area contributed by atoms with Crippen molar-refractivity contribution in [3.63, 3.8) is 0 Å². The van der Waals surface area contributed by atoms with E-state index in [0.717, 1.165) is 11.2 Å². The second-order valence-electron chi connectivity index (χ2n) is 5.51. The van der Waals surface area contributed by atoms with Crippen molar-refractivity contribution in [2.24, 2.45) is 4.99 Å². The van der Waals surface area contributed by atoms with Gasteiger partial charge in [-0.05, 0) is 37.7 Å². The van der Waals surface area contributed by atoms with Crippen LogP contribution in [0.25, 0.3) is 0 Å². The van der Waals surface area contributed by atoms with Crippen molar-refractivity contribution in [1.29, 1.82) is 0 Å². The van der Waals surface area contributed by atoms with Gasteiger partial charge in [-0.1, -0.05) is 0 Å². The van der Waals surface area contributed by atoms with Gasteiger partial charge in [0.15, 0.2) is 5.96 Å². The second kappa shape index (κ2) is 11.5. The SMILES string of the molecule is CN=C(NCCNC(=O)c1cccnc1)NC1CCC(SC)C1.I. The molecule has 1 aliphatic rings. The topological polar surface area (TPSA) is 78.4 Å². The minimum absolute atomic E-state index is 0. The van der Waals surface area contributed by atoms with Gasteiger partial charge in [0.2, 0.25) is 0 Å². The summed E-state index contributed by atoms with van der Waals surface area (Å²) in [5.74, 6) is 0.689. The van der Waals surface area contributed by atoms with Crippen molar-refractivity contribution in [3.8, 4) is 0 Å². The monoisotopic (exact) mass is 463 g/mol. The molecule has 134 valence electrons. The van der Waals surface area contributed by atoms with E-state index in [0.29, 0.717) is 24.7 Å². The molecule has 0 saturated heterocycles. The zero-order valence-corrected chi connectivity index (χ0v) is 17.3. The van der Waals surface area contributed by atoms with E-state index in [-0.39, 0.29) is 29.9 Å². The smallest absolute Gasteiger partial charge is 0.252 e. The van der Waals surface area contributed by atoms with Crippen molar-refractivity contribution < 1.29 is 4.79 Å². The fraction of sp³-hybridized carbons (Fsp3) is 0.562. The number of carbonyl (C=O) groups excluding carboxylic acids is 1. The normalized spacial score (nSPS) is 20.2. The Balaban J connectivity index is 0.00000288. The lowest BCUT2D eigenvalue weighted by atomic mass is 10.2. The van der Waals surface area contributed by atoms with Gasteiger partial charge in [-0.3, -0.25) is 14.8 Å². The van der Waals surface area contributed by atoms with E-state index in [4.69, 9.17) is 0 Å². The second-order valence-corrected chi connectivity index (χ2v) is 6.65. The third kappa shape index (κ3) is 6.84. The molecule has 0 aromatic carbocycles. The van der Waals surface area contributed by atoms with Crippen molar-refractivity contribution in [3.05, 3.63) is 30.1 Å². The number of thioether (sulfide) groups is 1. The van der Waals surface area contributed by atoms with Crippen LogP contribution in [0, 0.1) is 0 Å². The minimum Gasteiger partial charge on any atom is -0.355 e. The number of carbonyl (C=O) groups is 1. The Bertz CT molecular complexity index is 528. The number of guanidine groups is 1. The quantitative estimate of drug-likeness (QED) is 0.260. The van der Waals surface area contributed by atoms with Gasteiger partial charge in [0, 0.05) is 43.8 Å². The van der Waals surface area contributed by atoms with Gasteiger partial charge in [0.1, 0.15) is 0 Å². The van der Waals surface area contributed by atoms with E-state index in [1.54, 1.807) is 31.6 Å². The molecular formula is C16H26IN5OS. The van der Waals surface area contributed by atoms with Crippen LogP contribution in [0.2, 0.25) is 0 Å². The number of aliphatic imine (C=N–C) groups is 1. The molecule has 24 heavy (non-hydrogen) atoms. The van der Waals surface area contributed by atoms with Crippen LogP contribution in [-0.2, 0) is 0 Å². The number of pyridine rings is 1. The highest BCUT2D eigenvalue weighted by Gasteiger charge is 2.24. The lowest BCUT2D eigenvalue weighted by Gasteiger charge is -2.17. The van der Waals surface area contributed by atoms with Gasteiger partial charge in [0.25, 0.3) is 5.91 Å². The Morgan fingerprint density at radius 1 is 1.38 bits per heavy atom. The summed E-state index contributed by atoms with van der Waals surface area (Å²) in [6.45, 7) is 1.16. The van der Waals surface area contributed by atoms with Crippen LogP contribution in [0.1, 0.15) is 29.6 Å². The third-order valence-electron chi connectivity index (χ3n) is 3.91. The van der Waals surface area contributed by atoms with E-state index in [2.05, 4.69) is 32.2 Å². The molecule has 1 aromatic heterocycles. The number of halogens is 1. The Morgan fingerprint density at radius 3 is 2.79 bits per heavy atom. The molecule has 1 saturated carbocycles. The van der Waals surface area contributed by atoms with Gasteiger partial charge in [-0.15, -0.1) is 24.0 Å². The summed E-state index contributed by atoms with van der Waals surface area (Å²) < 4.78 is 0. The molecule has 2 rings (SSSR count). The first-order valence-corrected chi connectivity index (χ1v) is 9.20. The predicted molar refractivity (Wildman–Crippen MR) is 111 cm³/mol. The van der Waals surface area contributed by atoms with Crippen molar-refractivity contribution in [2.75, 3.05) is 26.4 Å². The first-order valence-electron chi connectivity index (χ1n) is 7.91. The summed E-state index contributed by atoms with van der Waals surface area (Å²) in [4.78, 5) is 20.1. The summed E-state index contributed by atoms with van der Waals surface area (Å²) in [5.41, 5.74) is 0.573. The lowest BCUT2D eigenvalue weighted by Crippen LogP contribution is -2.45. The first-order chi connectivity index (χ1) is 11.2. The predicted octanol–water partition coefficient (Wildman–Crippen LogP) is 1.88. The van der Waals surface area contributed by atoms with Crippen LogP contribution >= 0.6 is 35.7 Å². The van der Waals surface area contributed by atoms with Crippen LogP contribution < -0.4 is 16.0 Å². The molecule has 0 aliphatic heterocycles. The number of amides is 1. The van der Waals surface area contributed by atoms with Gasteiger partial charge in [-0.2, -0.15) is 11.8 Å². The number of nitrogens with one attached hydrogen (secondary N) is 3. The highest BCUT2D eigenvalue weighted by atomic mass is 127. The minimum atomic E-state index is -0.110. The molecule has 1 heterocycles. The van der Waals surface area contributed by atoms with Crippen molar-refractivity contribution >= 4 is 47.6 Å². The Hall–Kier alpha value is -1.03. The Labute approximate surface area is 165 Å². The molecule has 3 N–H and O–H groups in total. The van der Waals surface area contributed by atoms with Gasteiger partial charge >= 0.3 is 0 Å². The standard InChI is InChI=1S/C16H25N5OS.HI/c1-17-16(21-13-5-6-14(10-13)23-2)20-9-8-19-15(22)12-4-3-7-18-11-12;/h3-4,7,11,13-14H,5-6,8-10H2,1-2H3,(H,19,22)(H2,17,20,21);1H. The molecule has 8 heteroatoms. The average Bonchev–Trinajstić information content (AvgIpc) is 3.05. The summed E-state index contributed by atoms with van der Waals surface area (Å²) in [5, 5.41) is 10.3. The fourth-order valence-corrected chi connectivity index (χ4v) is 3.43. The maximum absolute atomic E-state index is 11.9. The molecular weight excluding hydrogens is 437 g/mol. The number of nitrogens with zero attached hydrogens (tertiary/aromatic N) is 2. The molecule has 0 radical (unpaired) electrons. The summed E-state index contributed by atoms with van der Waals surface area (Å²) >= 11 is 1.94. The van der Waals surface area contributed by atoms with Gasteiger partial charge in [-0.25, -0.2) is 0 Å². The molecule has 2 atom stereocenters. The van der Waals surface area contributed by atoms with Crippen LogP contribution in [0.4, 0.5) is 0 Å². The molecule has 1 amide bonds. The number of hydrogen-bond donors (Lipinski definition) is 3.